The molecule has 0 spiro atoms. The fourth-order valence-electron chi connectivity index (χ4n) is 4.71. The molecule has 0 radical (unpaired) electrons. The summed E-state index contributed by atoms with van der Waals surface area (Å²) in [5.41, 5.74) is 3.65. The number of amides is 1. The molecule has 1 saturated heterocycles. The maximum atomic E-state index is 13.7. The monoisotopic (exact) mass is 480 g/mol. The first kappa shape index (κ1) is 22.3. The van der Waals surface area contributed by atoms with Gasteiger partial charge in [-0.05, 0) is 37.1 Å². The Bertz CT molecular complexity index is 1270. The molecule has 1 fully saturated rings. The number of rotatable bonds is 3. The van der Waals surface area contributed by atoms with Crippen molar-refractivity contribution in [1.29, 1.82) is 0 Å². The van der Waals surface area contributed by atoms with Crippen molar-refractivity contribution in [3.63, 3.8) is 0 Å². The molecule has 0 bridgehead atoms. The van der Waals surface area contributed by atoms with Gasteiger partial charge < -0.3 is 14.2 Å². The topological polar surface area (TPSA) is 51.5 Å². The molecule has 7 heteroatoms. The number of thioether (sulfide) groups is 1. The second-order valence-electron chi connectivity index (χ2n) is 8.57. The van der Waals surface area contributed by atoms with Gasteiger partial charge in [-0.1, -0.05) is 41.9 Å². The van der Waals surface area contributed by atoms with Gasteiger partial charge in [-0.25, -0.2) is 0 Å². The van der Waals surface area contributed by atoms with E-state index in [9.17, 15) is 9.59 Å². The summed E-state index contributed by atoms with van der Waals surface area (Å²) < 4.78 is 7.55. The molecule has 0 N–H and O–H groups in total. The van der Waals surface area contributed by atoms with Crippen LogP contribution in [-0.2, 0) is 11.2 Å². The van der Waals surface area contributed by atoms with Gasteiger partial charge >= 0.3 is 0 Å². The van der Waals surface area contributed by atoms with Gasteiger partial charge in [-0.3, -0.25) is 9.59 Å². The molecule has 5 nitrogen and oxygen atoms in total. The highest BCUT2D eigenvalue weighted by Gasteiger charge is 2.33. The molecule has 2 unspecified atom stereocenters. The van der Waals surface area contributed by atoms with E-state index in [0.717, 1.165) is 34.0 Å². The van der Waals surface area contributed by atoms with Gasteiger partial charge in [0.15, 0.2) is 5.43 Å². The van der Waals surface area contributed by atoms with Crippen LogP contribution in [0.4, 0.5) is 0 Å². The third-order valence-corrected chi connectivity index (χ3v) is 8.01. The van der Waals surface area contributed by atoms with Gasteiger partial charge in [0.05, 0.1) is 18.3 Å². The van der Waals surface area contributed by atoms with Crippen molar-refractivity contribution in [3.8, 4) is 5.69 Å². The van der Waals surface area contributed by atoms with Crippen LogP contribution < -0.4 is 5.43 Å². The Hall–Kier alpha value is -2.54. The SMILES string of the molecule is Cc1cc(=O)c(C(=O)N(C)C2CCOC2)c2n1-c1ccc(Cl)cc1SC(c1ccccc1)C2. The Labute approximate surface area is 202 Å². The highest BCUT2D eigenvalue weighted by atomic mass is 35.5. The molecule has 0 saturated carbocycles. The van der Waals surface area contributed by atoms with E-state index < -0.39 is 0 Å². The van der Waals surface area contributed by atoms with Gasteiger partial charge in [0, 0.05) is 52.7 Å². The predicted octanol–water partition coefficient (Wildman–Crippen LogP) is 5.05. The van der Waals surface area contributed by atoms with Gasteiger partial charge in [-0.2, -0.15) is 0 Å². The van der Waals surface area contributed by atoms with Crippen LogP contribution in [0.25, 0.3) is 5.69 Å². The average Bonchev–Trinajstić information content (AvgIpc) is 3.28. The number of hydrogen-bond acceptors (Lipinski definition) is 4. The van der Waals surface area contributed by atoms with Crippen molar-refractivity contribution in [2.45, 2.75) is 36.0 Å². The Morgan fingerprint density at radius 1 is 1.18 bits per heavy atom. The molecule has 5 rings (SSSR count). The summed E-state index contributed by atoms with van der Waals surface area (Å²) in [5.74, 6) is -0.242. The summed E-state index contributed by atoms with van der Waals surface area (Å²) in [4.78, 5) is 29.7. The zero-order chi connectivity index (χ0) is 23.1. The Morgan fingerprint density at radius 2 is 1.97 bits per heavy atom. The van der Waals surface area contributed by atoms with Gasteiger partial charge in [0.25, 0.3) is 5.91 Å². The standard InChI is InChI=1S/C26H25ClN2O3S/c1-16-12-22(30)25(26(31)28(2)19-10-11-32-15-19)21-14-23(17-6-4-3-5-7-17)33-24-13-18(27)8-9-20(24)29(16)21/h3-9,12-13,19,23H,10-11,14-15H2,1-2H3. The number of nitrogens with zero attached hydrogens (tertiary/aromatic N) is 2. The van der Waals surface area contributed by atoms with Crippen LogP contribution in [0, 0.1) is 6.92 Å². The fourth-order valence-corrected chi connectivity index (χ4v) is 6.26. The second kappa shape index (κ2) is 9.01. The molecule has 3 aromatic rings. The van der Waals surface area contributed by atoms with E-state index in [1.165, 1.54) is 0 Å². The van der Waals surface area contributed by atoms with Crippen molar-refractivity contribution in [2.24, 2.45) is 0 Å². The highest BCUT2D eigenvalue weighted by Crippen LogP contribution is 2.45. The van der Waals surface area contributed by atoms with Crippen LogP contribution in [0.15, 0.2) is 64.3 Å². The quantitative estimate of drug-likeness (QED) is 0.526. The number of halogens is 1. The Kier molecular flexibility index (Phi) is 6.08. The molecule has 2 atom stereocenters. The number of carbonyl (C=O) groups excluding carboxylic acids is 1. The molecular weight excluding hydrogens is 456 g/mol. The third-order valence-electron chi connectivity index (χ3n) is 6.47. The van der Waals surface area contributed by atoms with E-state index in [-0.39, 0.29) is 28.2 Å². The second-order valence-corrected chi connectivity index (χ2v) is 10.3. The Morgan fingerprint density at radius 3 is 2.70 bits per heavy atom. The molecule has 2 aliphatic rings. The van der Waals surface area contributed by atoms with E-state index in [4.69, 9.17) is 16.3 Å². The van der Waals surface area contributed by atoms with Crippen molar-refractivity contribution >= 4 is 29.3 Å². The smallest absolute Gasteiger partial charge is 0.259 e. The minimum absolute atomic E-state index is 0.0185. The molecule has 2 aromatic carbocycles. The van der Waals surface area contributed by atoms with Crippen molar-refractivity contribution in [1.82, 2.24) is 9.47 Å². The number of carbonyl (C=O) groups is 1. The zero-order valence-corrected chi connectivity index (χ0v) is 20.2. The van der Waals surface area contributed by atoms with Crippen LogP contribution in [0.1, 0.15) is 39.0 Å². The molecule has 2 aliphatic heterocycles. The first-order valence-corrected chi connectivity index (χ1v) is 12.3. The fraction of sp³-hybridized carbons (Fsp3) is 0.308. The number of likely N-dealkylation sites (N-methyl/N-ethyl adjacent to an activating group) is 1. The summed E-state index contributed by atoms with van der Waals surface area (Å²) in [6.07, 6.45) is 1.33. The average molecular weight is 481 g/mol. The van der Waals surface area contributed by atoms with Crippen LogP contribution >= 0.6 is 23.4 Å². The molecule has 1 amide bonds. The molecule has 3 heterocycles. The van der Waals surface area contributed by atoms with Crippen molar-refractivity contribution < 1.29 is 9.53 Å². The minimum atomic E-state index is -0.242. The number of aryl methyl sites for hydroxylation is 1. The van der Waals surface area contributed by atoms with Gasteiger partial charge in [0.1, 0.15) is 5.56 Å². The lowest BCUT2D eigenvalue weighted by molar-refractivity contribution is 0.0708. The van der Waals surface area contributed by atoms with Gasteiger partial charge in [0.2, 0.25) is 0 Å². The first-order chi connectivity index (χ1) is 15.9. The van der Waals surface area contributed by atoms with E-state index in [1.54, 1.807) is 29.8 Å². The van der Waals surface area contributed by atoms with E-state index in [1.807, 2.05) is 43.3 Å². The van der Waals surface area contributed by atoms with Crippen LogP contribution in [0.5, 0.6) is 0 Å². The third kappa shape index (κ3) is 4.12. The maximum absolute atomic E-state index is 13.7. The van der Waals surface area contributed by atoms with Crippen LogP contribution in [0.3, 0.4) is 0 Å². The first-order valence-electron chi connectivity index (χ1n) is 11.1. The lowest BCUT2D eigenvalue weighted by Crippen LogP contribution is -2.41. The predicted molar refractivity (Wildman–Crippen MR) is 132 cm³/mol. The summed E-state index contributed by atoms with van der Waals surface area (Å²) >= 11 is 8.08. The van der Waals surface area contributed by atoms with E-state index in [0.29, 0.717) is 24.7 Å². The molecule has 33 heavy (non-hydrogen) atoms. The summed E-state index contributed by atoms with van der Waals surface area (Å²) in [5, 5.41) is 0.692. The van der Waals surface area contributed by atoms with E-state index in [2.05, 4.69) is 16.7 Å². The van der Waals surface area contributed by atoms with Gasteiger partial charge in [-0.15, -0.1) is 11.8 Å². The summed E-state index contributed by atoms with van der Waals surface area (Å²) in [6.45, 7) is 3.05. The highest BCUT2D eigenvalue weighted by molar-refractivity contribution is 7.99. The number of pyridine rings is 1. The lowest BCUT2D eigenvalue weighted by atomic mass is 10.0. The van der Waals surface area contributed by atoms with Crippen molar-refractivity contribution in [3.05, 3.63) is 92.4 Å². The molecular formula is C26H25ClN2O3S. The number of aromatic nitrogens is 1. The minimum Gasteiger partial charge on any atom is -0.379 e. The summed E-state index contributed by atoms with van der Waals surface area (Å²) in [7, 11) is 1.77. The summed E-state index contributed by atoms with van der Waals surface area (Å²) in [6, 6.07) is 17.6. The maximum Gasteiger partial charge on any atom is 0.259 e. The zero-order valence-electron chi connectivity index (χ0n) is 18.6. The molecule has 170 valence electrons. The number of fused-ring (bicyclic) bond motifs is 3. The van der Waals surface area contributed by atoms with Crippen LogP contribution in [-0.4, -0.2) is 41.7 Å². The number of ether oxygens (including phenoxy) is 1. The van der Waals surface area contributed by atoms with Crippen LogP contribution in [0.2, 0.25) is 5.02 Å². The number of benzene rings is 2. The normalized spacial score (nSPS) is 19.5. The number of hydrogen-bond donors (Lipinski definition) is 0. The van der Waals surface area contributed by atoms with Crippen molar-refractivity contribution in [2.75, 3.05) is 20.3 Å². The molecule has 1 aromatic heterocycles. The van der Waals surface area contributed by atoms with E-state index >= 15 is 0 Å². The Balaban J connectivity index is 1.72. The molecule has 0 aliphatic carbocycles. The largest absolute Gasteiger partial charge is 0.379 e. The lowest BCUT2D eigenvalue weighted by Gasteiger charge is -2.26.